The highest BCUT2D eigenvalue weighted by atomic mass is 15.1. The number of hydrogen-bond donors (Lipinski definition) is 0. The average Bonchev–Trinajstić information content (AvgIpc) is 3.62. The molecule has 0 spiro atoms. The van der Waals surface area contributed by atoms with Crippen molar-refractivity contribution in [1.29, 1.82) is 0 Å². The molecular weight excluding hydrogens is 677 g/mol. The Balaban J connectivity index is 1.13. The van der Waals surface area contributed by atoms with Crippen molar-refractivity contribution in [3.8, 4) is 27.9 Å². The van der Waals surface area contributed by atoms with Crippen LogP contribution in [0.1, 0.15) is 0 Å². The molecule has 0 bridgehead atoms. The van der Waals surface area contributed by atoms with Gasteiger partial charge in [-0.2, -0.15) is 0 Å². The second-order valence-corrected chi connectivity index (χ2v) is 14.5. The lowest BCUT2D eigenvalue weighted by Crippen LogP contribution is -2.10. The molecule has 0 aliphatic heterocycles. The predicted octanol–water partition coefficient (Wildman–Crippen LogP) is 15.0. The van der Waals surface area contributed by atoms with E-state index in [4.69, 9.17) is 0 Å². The highest BCUT2D eigenvalue weighted by Crippen LogP contribution is 2.45. The molecule has 0 saturated carbocycles. The van der Waals surface area contributed by atoms with Crippen LogP contribution in [0, 0.1) is 0 Å². The van der Waals surface area contributed by atoms with E-state index in [1.165, 1.54) is 76.4 Å². The Bertz CT molecular complexity index is 3210. The number of nitrogens with zero attached hydrogens (tertiary/aromatic N) is 2. The van der Waals surface area contributed by atoms with Gasteiger partial charge in [-0.1, -0.05) is 158 Å². The van der Waals surface area contributed by atoms with Gasteiger partial charge in [-0.25, -0.2) is 0 Å². The summed E-state index contributed by atoms with van der Waals surface area (Å²) >= 11 is 0. The molecule has 2 heteroatoms. The van der Waals surface area contributed by atoms with Crippen LogP contribution < -0.4 is 4.90 Å². The summed E-state index contributed by atoms with van der Waals surface area (Å²) in [6.45, 7) is 0. The summed E-state index contributed by atoms with van der Waals surface area (Å²) < 4.78 is 2.39. The van der Waals surface area contributed by atoms with Gasteiger partial charge in [-0.05, 0) is 115 Å². The number of benzene rings is 10. The quantitative estimate of drug-likeness (QED) is 0.156. The third kappa shape index (κ3) is 5.19. The molecule has 0 aliphatic rings. The first kappa shape index (κ1) is 32.0. The van der Waals surface area contributed by atoms with Crippen LogP contribution in [0.5, 0.6) is 0 Å². The predicted molar refractivity (Wildman–Crippen MR) is 239 cm³/mol. The minimum absolute atomic E-state index is 1.10. The molecule has 0 N–H and O–H groups in total. The van der Waals surface area contributed by atoms with E-state index >= 15 is 0 Å². The van der Waals surface area contributed by atoms with Crippen molar-refractivity contribution in [2.24, 2.45) is 0 Å². The molecule has 0 aliphatic carbocycles. The lowest BCUT2D eigenvalue weighted by Gasteiger charge is -2.27. The normalized spacial score (nSPS) is 11.6. The molecule has 10 aromatic carbocycles. The zero-order valence-electron chi connectivity index (χ0n) is 30.7. The standard InChI is InChI=1S/C54H36N2/c1-3-14-37(15-4-1)38-26-31-43(32-27-38)55(51-24-13-25-52-54(51)48-22-11-12-23-50(48)56(52)42-18-5-2-6-19-42)44-33-28-40(29-34-44)49-36-41-17-8-9-20-45(41)47-35-30-39-16-7-10-21-46(39)53(47)49/h1-36H. The Hall–Kier alpha value is -7.42. The lowest BCUT2D eigenvalue weighted by atomic mass is 9.90. The SMILES string of the molecule is c1ccc(-c2ccc(N(c3ccc(-c4cc5ccccc5c5ccc6ccccc6c45)cc3)c3cccc4c3c3ccccc3n4-c3ccccc3)cc2)cc1. The fourth-order valence-corrected chi connectivity index (χ4v) is 8.80. The molecule has 0 fully saturated rings. The molecule has 0 atom stereocenters. The second-order valence-electron chi connectivity index (χ2n) is 14.5. The summed E-state index contributed by atoms with van der Waals surface area (Å²) in [5, 5.41) is 10.1. The van der Waals surface area contributed by atoms with Gasteiger partial charge in [0.25, 0.3) is 0 Å². The van der Waals surface area contributed by atoms with Crippen LogP contribution in [0.15, 0.2) is 218 Å². The fraction of sp³-hybridized carbons (Fsp3) is 0. The van der Waals surface area contributed by atoms with Gasteiger partial charge in [-0.3, -0.25) is 0 Å². The Labute approximate surface area is 325 Å². The minimum atomic E-state index is 1.10. The molecule has 1 heterocycles. The number of fused-ring (bicyclic) bond motifs is 8. The molecule has 56 heavy (non-hydrogen) atoms. The van der Waals surface area contributed by atoms with Crippen LogP contribution in [0.2, 0.25) is 0 Å². The highest BCUT2D eigenvalue weighted by molar-refractivity contribution is 6.23. The van der Waals surface area contributed by atoms with E-state index in [1.54, 1.807) is 0 Å². The molecule has 2 nitrogen and oxygen atoms in total. The van der Waals surface area contributed by atoms with Crippen LogP contribution in [-0.4, -0.2) is 4.57 Å². The van der Waals surface area contributed by atoms with Crippen molar-refractivity contribution in [2.45, 2.75) is 0 Å². The largest absolute Gasteiger partial charge is 0.310 e. The number of para-hydroxylation sites is 2. The lowest BCUT2D eigenvalue weighted by molar-refractivity contribution is 1.18. The maximum absolute atomic E-state index is 2.43. The fourth-order valence-electron chi connectivity index (χ4n) is 8.80. The first-order valence-corrected chi connectivity index (χ1v) is 19.3. The number of anilines is 3. The molecule has 262 valence electrons. The van der Waals surface area contributed by atoms with Crippen LogP contribution >= 0.6 is 0 Å². The molecular formula is C54H36N2. The van der Waals surface area contributed by atoms with Crippen LogP contribution in [-0.2, 0) is 0 Å². The first-order chi connectivity index (χ1) is 27.8. The Morgan fingerprint density at radius 3 is 1.64 bits per heavy atom. The van der Waals surface area contributed by atoms with E-state index in [9.17, 15) is 0 Å². The molecule has 11 rings (SSSR count). The van der Waals surface area contributed by atoms with Crippen LogP contribution in [0.25, 0.3) is 82.1 Å². The smallest absolute Gasteiger partial charge is 0.0562 e. The van der Waals surface area contributed by atoms with E-state index in [0.29, 0.717) is 0 Å². The maximum Gasteiger partial charge on any atom is 0.0562 e. The number of aromatic nitrogens is 1. The van der Waals surface area contributed by atoms with E-state index in [-0.39, 0.29) is 0 Å². The Morgan fingerprint density at radius 2 is 0.893 bits per heavy atom. The van der Waals surface area contributed by atoms with Crippen LogP contribution in [0.3, 0.4) is 0 Å². The van der Waals surface area contributed by atoms with E-state index in [2.05, 4.69) is 228 Å². The van der Waals surface area contributed by atoms with Crippen molar-refractivity contribution >= 4 is 71.2 Å². The van der Waals surface area contributed by atoms with Gasteiger partial charge in [0.15, 0.2) is 0 Å². The summed E-state index contributed by atoms with van der Waals surface area (Å²) in [6, 6.07) is 79.4. The molecule has 11 aromatic rings. The third-order valence-electron chi connectivity index (χ3n) is 11.3. The van der Waals surface area contributed by atoms with Gasteiger partial charge in [0.05, 0.1) is 16.7 Å². The van der Waals surface area contributed by atoms with Crippen molar-refractivity contribution in [2.75, 3.05) is 4.90 Å². The summed E-state index contributed by atoms with van der Waals surface area (Å²) in [4.78, 5) is 2.43. The van der Waals surface area contributed by atoms with Gasteiger partial charge < -0.3 is 9.47 Å². The zero-order valence-corrected chi connectivity index (χ0v) is 30.7. The second kappa shape index (κ2) is 13.2. The third-order valence-corrected chi connectivity index (χ3v) is 11.3. The number of rotatable bonds is 6. The van der Waals surface area contributed by atoms with Gasteiger partial charge >= 0.3 is 0 Å². The highest BCUT2D eigenvalue weighted by Gasteiger charge is 2.21. The van der Waals surface area contributed by atoms with Crippen LogP contribution in [0.4, 0.5) is 17.1 Å². The Kier molecular flexibility index (Phi) is 7.53. The van der Waals surface area contributed by atoms with Gasteiger partial charge in [0.1, 0.15) is 0 Å². The van der Waals surface area contributed by atoms with Gasteiger partial charge in [0, 0.05) is 27.8 Å². The molecule has 0 unspecified atom stereocenters. The molecule has 0 saturated heterocycles. The van der Waals surface area contributed by atoms with Crippen molar-refractivity contribution in [3.05, 3.63) is 218 Å². The van der Waals surface area contributed by atoms with Gasteiger partial charge in [-0.15, -0.1) is 0 Å². The minimum Gasteiger partial charge on any atom is -0.310 e. The van der Waals surface area contributed by atoms with Crippen molar-refractivity contribution < 1.29 is 0 Å². The van der Waals surface area contributed by atoms with E-state index in [0.717, 1.165) is 22.7 Å². The van der Waals surface area contributed by atoms with Crippen molar-refractivity contribution in [1.82, 2.24) is 4.57 Å². The monoisotopic (exact) mass is 712 g/mol. The van der Waals surface area contributed by atoms with E-state index < -0.39 is 0 Å². The van der Waals surface area contributed by atoms with Gasteiger partial charge in [0.2, 0.25) is 0 Å². The zero-order chi connectivity index (χ0) is 37.0. The number of hydrogen-bond acceptors (Lipinski definition) is 1. The topological polar surface area (TPSA) is 8.17 Å². The van der Waals surface area contributed by atoms with E-state index in [1.807, 2.05) is 0 Å². The summed E-state index contributed by atoms with van der Waals surface area (Å²) in [7, 11) is 0. The molecule has 0 radical (unpaired) electrons. The summed E-state index contributed by atoms with van der Waals surface area (Å²) in [5.74, 6) is 0. The maximum atomic E-state index is 2.43. The summed E-state index contributed by atoms with van der Waals surface area (Å²) in [6.07, 6.45) is 0. The summed E-state index contributed by atoms with van der Waals surface area (Å²) in [5.41, 5.74) is 11.7. The van der Waals surface area contributed by atoms with Crippen molar-refractivity contribution in [3.63, 3.8) is 0 Å². The Morgan fingerprint density at radius 1 is 0.321 bits per heavy atom. The molecule has 0 amide bonds. The first-order valence-electron chi connectivity index (χ1n) is 19.3. The average molecular weight is 713 g/mol. The molecule has 1 aromatic heterocycles.